The summed E-state index contributed by atoms with van der Waals surface area (Å²) in [5, 5.41) is 0. The first-order chi connectivity index (χ1) is 7.00. The number of hydrogen-bond acceptors (Lipinski definition) is 4. The minimum Gasteiger partial charge on any atom is -0.264 e. The van der Waals surface area contributed by atoms with E-state index in [2.05, 4.69) is 6.92 Å². The fourth-order valence-electron chi connectivity index (χ4n) is 0.737. The summed E-state index contributed by atoms with van der Waals surface area (Å²) in [6, 6.07) is 6.46. The Morgan fingerprint density at radius 2 is 1.29 bits per heavy atom. The van der Waals surface area contributed by atoms with E-state index in [0.717, 1.165) is 5.56 Å². The molecule has 0 aliphatic carbocycles. The van der Waals surface area contributed by atoms with Gasteiger partial charge in [0.1, 0.15) is 0 Å². The first-order valence-electron chi connectivity index (χ1n) is 3.82. The van der Waals surface area contributed by atoms with Gasteiger partial charge in [0.25, 0.3) is 0 Å². The largest absolute Gasteiger partial charge is 1.00 e. The van der Waals surface area contributed by atoms with Crippen LogP contribution in [0, 0.1) is 6.92 Å². The summed E-state index contributed by atoms with van der Waals surface area (Å²) in [7, 11) is -7.71. The Balaban J connectivity index is 0. The minimum atomic E-state index is -4.67. The van der Waals surface area contributed by atoms with Crippen molar-refractivity contribution in [1.29, 1.82) is 0 Å². The topological polar surface area (TPSA) is 109 Å². The molecular weight excluding hydrogens is 279 g/mol. The first-order valence-corrected chi connectivity index (χ1v) is 7.11. The third-order valence-electron chi connectivity index (χ3n) is 1.35. The van der Waals surface area contributed by atoms with Crippen LogP contribution in [0.25, 0.3) is 0 Å². The molecule has 0 unspecified atom stereocenters. The molecular formula is C8H11NaO6S2. The van der Waals surface area contributed by atoms with Crippen LogP contribution in [0.1, 0.15) is 5.56 Å². The van der Waals surface area contributed by atoms with Gasteiger partial charge in [-0.2, -0.15) is 33.0 Å². The molecule has 9 heteroatoms. The van der Waals surface area contributed by atoms with Crippen LogP contribution in [-0.2, 0) is 20.2 Å². The van der Waals surface area contributed by atoms with E-state index in [1.54, 1.807) is 24.3 Å². The molecule has 1 rings (SSSR count). The molecule has 0 atom stereocenters. The summed E-state index contributed by atoms with van der Waals surface area (Å²) in [5.74, 6) is 0. The average Bonchev–Trinajstić information content (AvgIpc) is 1.99. The van der Waals surface area contributed by atoms with Gasteiger partial charge in [-0.25, -0.2) is 8.42 Å². The molecule has 0 aromatic heterocycles. The normalized spacial score (nSPS) is 10.8. The van der Waals surface area contributed by atoms with E-state index in [0.29, 0.717) is 4.90 Å². The molecule has 0 spiro atoms. The van der Waals surface area contributed by atoms with Crippen molar-refractivity contribution in [2.45, 2.75) is 4.90 Å². The standard InChI is InChI=1S/C8H9O2S.Na.H2O4S/c1-7-3-5-8(6-4-7)11(2,9)10;;1-5(2,3)4/h3-6H,1H2,2H3;;(H2,1,2,3,4)/q-1;+1;. The Morgan fingerprint density at radius 1 is 1.00 bits per heavy atom. The van der Waals surface area contributed by atoms with Gasteiger partial charge in [0, 0.05) is 11.2 Å². The van der Waals surface area contributed by atoms with Crippen molar-refractivity contribution in [2.24, 2.45) is 0 Å². The molecule has 1 aromatic carbocycles. The van der Waals surface area contributed by atoms with Crippen molar-refractivity contribution in [2.75, 3.05) is 6.26 Å². The molecule has 0 aliphatic rings. The molecule has 0 heterocycles. The van der Waals surface area contributed by atoms with Crippen LogP contribution >= 0.6 is 0 Å². The molecule has 2 N–H and O–H groups in total. The van der Waals surface area contributed by atoms with Gasteiger partial charge < -0.3 is 0 Å². The third-order valence-corrected chi connectivity index (χ3v) is 2.48. The van der Waals surface area contributed by atoms with Gasteiger partial charge in [-0.05, 0) is 0 Å². The summed E-state index contributed by atoms with van der Waals surface area (Å²) in [5.41, 5.74) is 0.817. The molecule has 0 radical (unpaired) electrons. The molecule has 0 aliphatic heterocycles. The van der Waals surface area contributed by atoms with Crippen molar-refractivity contribution < 1.29 is 55.5 Å². The fraction of sp³-hybridized carbons (Fsp3) is 0.125. The minimum absolute atomic E-state index is 0. The average molecular weight is 290 g/mol. The Hall–Kier alpha value is -0.0900. The monoisotopic (exact) mass is 290 g/mol. The maximum Gasteiger partial charge on any atom is 1.00 e. The van der Waals surface area contributed by atoms with Crippen molar-refractivity contribution in [3.63, 3.8) is 0 Å². The molecule has 0 bridgehead atoms. The van der Waals surface area contributed by atoms with Crippen LogP contribution in [0.3, 0.4) is 0 Å². The molecule has 92 valence electrons. The number of benzene rings is 1. The zero-order valence-corrected chi connectivity index (χ0v) is 13.0. The van der Waals surface area contributed by atoms with E-state index in [1.807, 2.05) is 0 Å². The number of sulfone groups is 1. The van der Waals surface area contributed by atoms with Crippen LogP contribution in [0.2, 0.25) is 0 Å². The van der Waals surface area contributed by atoms with Gasteiger partial charge in [0.05, 0.1) is 0 Å². The van der Waals surface area contributed by atoms with E-state index in [4.69, 9.17) is 17.5 Å². The first kappa shape index (κ1) is 19.3. The van der Waals surface area contributed by atoms with Gasteiger partial charge in [0.2, 0.25) is 0 Å². The fourth-order valence-corrected chi connectivity index (χ4v) is 1.37. The van der Waals surface area contributed by atoms with Gasteiger partial charge in [0.15, 0.2) is 9.84 Å². The second-order valence-electron chi connectivity index (χ2n) is 2.86. The molecule has 0 saturated carbocycles. The van der Waals surface area contributed by atoms with Gasteiger partial charge >= 0.3 is 40.0 Å². The van der Waals surface area contributed by atoms with Gasteiger partial charge in [-0.15, -0.1) is 0 Å². The van der Waals surface area contributed by atoms with Crippen molar-refractivity contribution in [1.82, 2.24) is 0 Å². The van der Waals surface area contributed by atoms with Crippen LogP contribution in [0.4, 0.5) is 0 Å². The van der Waals surface area contributed by atoms with Crippen molar-refractivity contribution in [3.8, 4) is 0 Å². The molecule has 0 amide bonds. The molecule has 1 aromatic rings. The quantitative estimate of drug-likeness (QED) is 0.340. The SMILES string of the molecule is O=S(=O)(O)O.[CH2-]c1ccc(S(C)(=O)=O)cc1.[Na+]. The summed E-state index contributed by atoms with van der Waals surface area (Å²) < 4.78 is 53.4. The zero-order chi connectivity index (χ0) is 13.0. The molecule has 0 saturated heterocycles. The second-order valence-corrected chi connectivity index (χ2v) is 5.78. The van der Waals surface area contributed by atoms with Crippen LogP contribution in [-0.4, -0.2) is 32.2 Å². The summed E-state index contributed by atoms with van der Waals surface area (Å²) in [6.45, 7) is 3.65. The van der Waals surface area contributed by atoms with E-state index >= 15 is 0 Å². The van der Waals surface area contributed by atoms with Crippen LogP contribution in [0.5, 0.6) is 0 Å². The smallest absolute Gasteiger partial charge is 0.264 e. The van der Waals surface area contributed by atoms with Crippen LogP contribution in [0.15, 0.2) is 29.2 Å². The van der Waals surface area contributed by atoms with Gasteiger partial charge in [-0.3, -0.25) is 9.11 Å². The maximum absolute atomic E-state index is 10.9. The van der Waals surface area contributed by atoms with E-state index in [1.165, 1.54) is 6.26 Å². The Kier molecular flexibility index (Phi) is 8.34. The predicted molar refractivity (Wildman–Crippen MR) is 58.2 cm³/mol. The van der Waals surface area contributed by atoms with Gasteiger partial charge in [-0.1, -0.05) is 12.1 Å². The van der Waals surface area contributed by atoms with Crippen molar-refractivity contribution in [3.05, 3.63) is 36.8 Å². The third kappa shape index (κ3) is 12.2. The Bertz CT molecular complexity index is 524. The predicted octanol–water partition coefficient (Wildman–Crippen LogP) is -2.38. The Labute approximate surface area is 123 Å². The van der Waals surface area contributed by atoms with E-state index in [-0.39, 0.29) is 29.6 Å². The second kappa shape index (κ2) is 7.37. The van der Waals surface area contributed by atoms with Crippen LogP contribution < -0.4 is 29.6 Å². The molecule has 6 nitrogen and oxygen atoms in total. The van der Waals surface area contributed by atoms with Crippen molar-refractivity contribution >= 4 is 20.2 Å². The Morgan fingerprint density at radius 3 is 1.53 bits per heavy atom. The summed E-state index contributed by atoms with van der Waals surface area (Å²) >= 11 is 0. The summed E-state index contributed by atoms with van der Waals surface area (Å²) in [6.07, 6.45) is 1.19. The van der Waals surface area contributed by atoms with E-state index < -0.39 is 20.2 Å². The zero-order valence-electron chi connectivity index (χ0n) is 9.36. The number of hydrogen-bond donors (Lipinski definition) is 2. The molecule has 0 fully saturated rings. The van der Waals surface area contributed by atoms with E-state index in [9.17, 15) is 8.42 Å². The summed E-state index contributed by atoms with van der Waals surface area (Å²) in [4.78, 5) is 0.338. The maximum atomic E-state index is 10.9. The molecule has 17 heavy (non-hydrogen) atoms. The number of rotatable bonds is 1.